The van der Waals surface area contributed by atoms with Gasteiger partial charge in [-0.2, -0.15) is 0 Å². The first kappa shape index (κ1) is 20.6. The highest BCUT2D eigenvalue weighted by atomic mass is 127. The molecule has 0 radical (unpaired) electrons. The molecule has 140 valence electrons. The summed E-state index contributed by atoms with van der Waals surface area (Å²) in [4.78, 5) is 6.83. The Morgan fingerprint density at radius 3 is 2.54 bits per heavy atom. The van der Waals surface area contributed by atoms with Gasteiger partial charge in [0.05, 0.1) is 7.11 Å². The molecule has 4 nitrogen and oxygen atoms in total. The highest BCUT2D eigenvalue weighted by Gasteiger charge is 2.25. The molecule has 0 spiro atoms. The fourth-order valence-electron chi connectivity index (χ4n) is 3.40. The Balaban J connectivity index is 0.00000243. The summed E-state index contributed by atoms with van der Waals surface area (Å²) in [7, 11) is 3.57. The molecular formula is C21H28IN3O. The van der Waals surface area contributed by atoms with Gasteiger partial charge >= 0.3 is 0 Å². The number of nitrogens with one attached hydrogen (secondary N) is 1. The molecule has 1 atom stereocenters. The summed E-state index contributed by atoms with van der Waals surface area (Å²) in [5.74, 6) is 2.47. The second-order valence-electron chi connectivity index (χ2n) is 6.41. The Hall–Kier alpha value is -1.76. The largest absolute Gasteiger partial charge is 0.497 e. The van der Waals surface area contributed by atoms with Crippen LogP contribution in [0.3, 0.4) is 0 Å². The van der Waals surface area contributed by atoms with Gasteiger partial charge in [-0.15, -0.1) is 24.0 Å². The van der Waals surface area contributed by atoms with Crippen LogP contribution < -0.4 is 10.1 Å². The van der Waals surface area contributed by atoms with Crippen molar-refractivity contribution in [2.24, 2.45) is 4.99 Å². The third-order valence-electron chi connectivity index (χ3n) is 4.83. The van der Waals surface area contributed by atoms with Crippen molar-refractivity contribution in [2.45, 2.75) is 18.8 Å². The predicted octanol–water partition coefficient (Wildman–Crippen LogP) is 3.92. The topological polar surface area (TPSA) is 36.9 Å². The first-order valence-electron chi connectivity index (χ1n) is 8.93. The zero-order valence-corrected chi connectivity index (χ0v) is 17.9. The maximum Gasteiger partial charge on any atom is 0.193 e. The zero-order valence-electron chi connectivity index (χ0n) is 15.5. The van der Waals surface area contributed by atoms with Gasteiger partial charge in [0.15, 0.2) is 5.96 Å². The maximum atomic E-state index is 5.25. The molecule has 1 fully saturated rings. The minimum atomic E-state index is 0. The first-order chi connectivity index (χ1) is 12.3. The molecule has 0 amide bonds. The van der Waals surface area contributed by atoms with Crippen LogP contribution in [0.1, 0.15) is 23.5 Å². The number of benzene rings is 2. The van der Waals surface area contributed by atoms with Gasteiger partial charge in [0.2, 0.25) is 0 Å². The average Bonchev–Trinajstić information content (AvgIpc) is 3.16. The Morgan fingerprint density at radius 2 is 1.88 bits per heavy atom. The molecule has 0 saturated carbocycles. The molecule has 26 heavy (non-hydrogen) atoms. The van der Waals surface area contributed by atoms with Crippen LogP contribution in [-0.2, 0) is 6.42 Å². The number of likely N-dealkylation sites (tertiary alicyclic amines) is 1. The molecule has 2 aromatic rings. The van der Waals surface area contributed by atoms with Gasteiger partial charge in [0, 0.05) is 32.6 Å². The highest BCUT2D eigenvalue weighted by Crippen LogP contribution is 2.28. The average molecular weight is 465 g/mol. The molecule has 1 unspecified atom stereocenters. The van der Waals surface area contributed by atoms with E-state index in [0.717, 1.165) is 44.2 Å². The van der Waals surface area contributed by atoms with Crippen molar-refractivity contribution in [1.82, 2.24) is 10.2 Å². The van der Waals surface area contributed by atoms with Crippen molar-refractivity contribution >= 4 is 29.9 Å². The molecular weight excluding hydrogens is 437 g/mol. The second-order valence-corrected chi connectivity index (χ2v) is 6.41. The lowest BCUT2D eigenvalue weighted by atomic mass is 9.98. The minimum absolute atomic E-state index is 0. The number of nitrogens with zero attached hydrogens (tertiary/aromatic N) is 2. The lowest BCUT2D eigenvalue weighted by molar-refractivity contribution is 0.414. The highest BCUT2D eigenvalue weighted by molar-refractivity contribution is 14.0. The number of guanidine groups is 1. The molecule has 3 rings (SSSR count). The summed E-state index contributed by atoms with van der Waals surface area (Å²) in [5, 5.41) is 3.51. The van der Waals surface area contributed by atoms with Crippen LogP contribution in [0, 0.1) is 0 Å². The van der Waals surface area contributed by atoms with E-state index < -0.39 is 0 Å². The standard InChI is InChI=1S/C21H27N3O.HI/c1-22-21(23-14-12-17-6-4-3-5-7-17)24-15-13-19(16-24)18-8-10-20(25-2)11-9-18;/h3-11,19H,12-16H2,1-2H3,(H,22,23);1H. The summed E-state index contributed by atoms with van der Waals surface area (Å²) < 4.78 is 5.25. The van der Waals surface area contributed by atoms with E-state index in [2.05, 4.69) is 57.7 Å². The van der Waals surface area contributed by atoms with E-state index >= 15 is 0 Å². The molecule has 0 aliphatic carbocycles. The van der Waals surface area contributed by atoms with Crippen LogP contribution in [0.5, 0.6) is 5.75 Å². The van der Waals surface area contributed by atoms with Gasteiger partial charge in [0.25, 0.3) is 0 Å². The Bertz CT molecular complexity index is 688. The van der Waals surface area contributed by atoms with Crippen LogP contribution >= 0.6 is 24.0 Å². The van der Waals surface area contributed by atoms with Gasteiger partial charge in [-0.05, 0) is 36.1 Å². The van der Waals surface area contributed by atoms with Gasteiger partial charge in [0.1, 0.15) is 5.75 Å². The van der Waals surface area contributed by atoms with Gasteiger partial charge in [-0.3, -0.25) is 4.99 Å². The van der Waals surface area contributed by atoms with Gasteiger partial charge in [-0.25, -0.2) is 0 Å². The Morgan fingerprint density at radius 1 is 1.15 bits per heavy atom. The number of hydrogen-bond donors (Lipinski definition) is 1. The molecule has 1 aliphatic rings. The molecule has 5 heteroatoms. The molecule has 1 saturated heterocycles. The molecule has 1 heterocycles. The van der Waals surface area contributed by atoms with E-state index in [0.29, 0.717) is 5.92 Å². The van der Waals surface area contributed by atoms with Crippen LogP contribution in [0.25, 0.3) is 0 Å². The Kier molecular flexibility index (Phi) is 8.22. The van der Waals surface area contributed by atoms with Crippen LogP contribution in [0.4, 0.5) is 0 Å². The molecule has 1 aliphatic heterocycles. The number of hydrogen-bond acceptors (Lipinski definition) is 2. The van der Waals surface area contributed by atoms with E-state index in [1.165, 1.54) is 11.1 Å². The van der Waals surface area contributed by atoms with E-state index in [4.69, 9.17) is 4.74 Å². The molecule has 0 aromatic heterocycles. The van der Waals surface area contributed by atoms with E-state index in [1.807, 2.05) is 19.2 Å². The summed E-state index contributed by atoms with van der Waals surface area (Å²) >= 11 is 0. The second kappa shape index (κ2) is 10.4. The fourth-order valence-corrected chi connectivity index (χ4v) is 3.40. The van der Waals surface area contributed by atoms with Crippen molar-refractivity contribution in [2.75, 3.05) is 33.8 Å². The summed E-state index contributed by atoms with van der Waals surface area (Å²) in [6.07, 6.45) is 2.17. The quantitative estimate of drug-likeness (QED) is 0.413. The summed E-state index contributed by atoms with van der Waals surface area (Å²) in [6.45, 7) is 2.96. The fraction of sp³-hybridized carbons (Fsp3) is 0.381. The summed E-state index contributed by atoms with van der Waals surface area (Å²) in [6, 6.07) is 19.0. The third-order valence-corrected chi connectivity index (χ3v) is 4.83. The monoisotopic (exact) mass is 465 g/mol. The number of halogens is 1. The van der Waals surface area contributed by atoms with Crippen molar-refractivity contribution in [3.63, 3.8) is 0 Å². The van der Waals surface area contributed by atoms with Crippen molar-refractivity contribution in [1.29, 1.82) is 0 Å². The van der Waals surface area contributed by atoms with Crippen molar-refractivity contribution in [3.8, 4) is 5.75 Å². The van der Waals surface area contributed by atoms with Gasteiger partial charge < -0.3 is 15.0 Å². The lowest BCUT2D eigenvalue weighted by Crippen LogP contribution is -2.40. The number of rotatable bonds is 5. The smallest absolute Gasteiger partial charge is 0.193 e. The number of methoxy groups -OCH3 is 1. The molecule has 0 bridgehead atoms. The molecule has 1 N–H and O–H groups in total. The van der Waals surface area contributed by atoms with E-state index in [9.17, 15) is 0 Å². The zero-order chi connectivity index (χ0) is 17.5. The Labute approximate surface area is 173 Å². The van der Waals surface area contributed by atoms with E-state index in [-0.39, 0.29) is 24.0 Å². The number of aliphatic imine (C=N–C) groups is 1. The lowest BCUT2D eigenvalue weighted by Gasteiger charge is -2.22. The molecule has 2 aromatic carbocycles. The SMILES string of the molecule is CN=C(NCCc1ccccc1)N1CCC(c2ccc(OC)cc2)C1.I. The summed E-state index contributed by atoms with van der Waals surface area (Å²) in [5.41, 5.74) is 2.73. The maximum absolute atomic E-state index is 5.25. The third kappa shape index (κ3) is 5.37. The van der Waals surface area contributed by atoms with E-state index in [1.54, 1.807) is 7.11 Å². The predicted molar refractivity (Wildman–Crippen MR) is 119 cm³/mol. The van der Waals surface area contributed by atoms with Gasteiger partial charge in [-0.1, -0.05) is 42.5 Å². The number of ether oxygens (including phenoxy) is 1. The van der Waals surface area contributed by atoms with Crippen molar-refractivity contribution in [3.05, 3.63) is 65.7 Å². The normalized spacial score (nSPS) is 16.9. The first-order valence-corrected chi connectivity index (χ1v) is 8.93. The van der Waals surface area contributed by atoms with Crippen LogP contribution in [0.15, 0.2) is 59.6 Å². The van der Waals surface area contributed by atoms with Crippen molar-refractivity contribution < 1.29 is 4.74 Å². The minimum Gasteiger partial charge on any atom is -0.497 e. The van der Waals surface area contributed by atoms with Crippen LogP contribution in [-0.4, -0.2) is 44.7 Å². The van der Waals surface area contributed by atoms with Crippen LogP contribution in [0.2, 0.25) is 0 Å².